The normalized spacial score (nSPS) is 10.6. The first-order valence-corrected chi connectivity index (χ1v) is 6.44. The van der Waals surface area contributed by atoms with Gasteiger partial charge in [-0.05, 0) is 36.4 Å². The van der Waals surface area contributed by atoms with E-state index in [9.17, 15) is 9.90 Å². The monoisotopic (exact) mass is 304 g/mol. The van der Waals surface area contributed by atoms with Gasteiger partial charge >= 0.3 is 0 Å². The number of carbonyl (C=O) groups excluding carboxylic acids is 1. The minimum absolute atomic E-state index is 0.0375. The second kappa shape index (κ2) is 6.76. The standard InChI is InChI=1S/C15H13ClN2O3/c1-21-13-4-2-3-11(14(13)19)9-17-18-15(20)10-5-7-12(16)8-6-10/h2-9,19H,1H3,(H,18,20). The lowest BCUT2D eigenvalue weighted by molar-refractivity contribution is 0.0955. The minimum Gasteiger partial charge on any atom is -0.504 e. The number of rotatable bonds is 4. The van der Waals surface area contributed by atoms with Crippen molar-refractivity contribution in [1.82, 2.24) is 5.43 Å². The van der Waals surface area contributed by atoms with Gasteiger partial charge in [0.15, 0.2) is 11.5 Å². The van der Waals surface area contributed by atoms with Crippen molar-refractivity contribution in [2.24, 2.45) is 5.10 Å². The highest BCUT2D eigenvalue weighted by atomic mass is 35.5. The molecule has 0 spiro atoms. The summed E-state index contributed by atoms with van der Waals surface area (Å²) < 4.78 is 4.98. The summed E-state index contributed by atoms with van der Waals surface area (Å²) in [6, 6.07) is 11.4. The van der Waals surface area contributed by atoms with Crippen LogP contribution < -0.4 is 10.2 Å². The van der Waals surface area contributed by atoms with E-state index in [1.165, 1.54) is 13.3 Å². The Hall–Kier alpha value is -2.53. The largest absolute Gasteiger partial charge is 0.504 e. The molecular formula is C15H13ClN2O3. The molecule has 2 N–H and O–H groups in total. The maximum absolute atomic E-state index is 11.8. The Bertz CT molecular complexity index is 669. The number of para-hydroxylation sites is 1. The lowest BCUT2D eigenvalue weighted by Gasteiger charge is -2.05. The van der Waals surface area contributed by atoms with Crippen molar-refractivity contribution >= 4 is 23.7 Å². The molecule has 0 aliphatic carbocycles. The van der Waals surface area contributed by atoms with E-state index in [1.807, 2.05) is 0 Å². The number of hydrazone groups is 1. The zero-order valence-corrected chi connectivity index (χ0v) is 12.0. The maximum Gasteiger partial charge on any atom is 0.271 e. The number of amides is 1. The van der Waals surface area contributed by atoms with Crippen LogP contribution in [0.25, 0.3) is 0 Å². The van der Waals surface area contributed by atoms with Crippen molar-refractivity contribution in [3.05, 3.63) is 58.6 Å². The van der Waals surface area contributed by atoms with Crippen molar-refractivity contribution in [1.29, 1.82) is 0 Å². The van der Waals surface area contributed by atoms with Crippen LogP contribution in [0.2, 0.25) is 5.02 Å². The Labute approximate surface area is 126 Å². The fourth-order valence-electron chi connectivity index (χ4n) is 1.63. The van der Waals surface area contributed by atoms with Crippen LogP contribution in [-0.2, 0) is 0 Å². The number of nitrogens with one attached hydrogen (secondary N) is 1. The molecule has 0 fully saturated rings. The van der Waals surface area contributed by atoms with Crippen molar-refractivity contribution in [2.45, 2.75) is 0 Å². The molecule has 1 amide bonds. The fourth-order valence-corrected chi connectivity index (χ4v) is 1.76. The number of benzene rings is 2. The molecule has 6 heteroatoms. The summed E-state index contributed by atoms with van der Waals surface area (Å²) in [5.41, 5.74) is 3.24. The zero-order valence-electron chi connectivity index (χ0n) is 11.2. The van der Waals surface area contributed by atoms with Gasteiger partial charge in [0.1, 0.15) is 0 Å². The highest BCUT2D eigenvalue weighted by molar-refractivity contribution is 6.30. The van der Waals surface area contributed by atoms with Crippen LogP contribution in [0.1, 0.15) is 15.9 Å². The van der Waals surface area contributed by atoms with Crippen LogP contribution in [0.5, 0.6) is 11.5 Å². The molecule has 5 nitrogen and oxygen atoms in total. The lowest BCUT2D eigenvalue weighted by atomic mass is 10.2. The number of aromatic hydroxyl groups is 1. The first kappa shape index (κ1) is 14.9. The predicted molar refractivity (Wildman–Crippen MR) is 81.2 cm³/mol. The first-order valence-electron chi connectivity index (χ1n) is 6.06. The molecule has 0 bridgehead atoms. The maximum atomic E-state index is 11.8. The Morgan fingerprint density at radius 2 is 2.00 bits per heavy atom. The molecule has 0 saturated heterocycles. The van der Waals surface area contributed by atoms with Crippen LogP contribution >= 0.6 is 11.6 Å². The van der Waals surface area contributed by atoms with Crippen LogP contribution in [-0.4, -0.2) is 24.3 Å². The van der Waals surface area contributed by atoms with Crippen molar-refractivity contribution in [3.8, 4) is 11.5 Å². The molecule has 0 radical (unpaired) electrons. The number of phenolic OH excluding ortho intramolecular Hbond substituents is 1. The van der Waals surface area contributed by atoms with Crippen LogP contribution in [0.3, 0.4) is 0 Å². The van der Waals surface area contributed by atoms with Gasteiger partial charge < -0.3 is 9.84 Å². The summed E-state index contributed by atoms with van der Waals surface area (Å²) in [4.78, 5) is 11.8. The number of methoxy groups -OCH3 is 1. The summed E-state index contributed by atoms with van der Waals surface area (Å²) in [6.45, 7) is 0. The van der Waals surface area contributed by atoms with Gasteiger partial charge in [-0.3, -0.25) is 4.79 Å². The Morgan fingerprint density at radius 3 is 2.67 bits per heavy atom. The predicted octanol–water partition coefficient (Wildman–Crippen LogP) is 2.82. The molecular weight excluding hydrogens is 292 g/mol. The summed E-state index contributed by atoms with van der Waals surface area (Å²) in [6.07, 6.45) is 1.34. The number of ether oxygens (including phenoxy) is 1. The molecule has 0 aliphatic heterocycles. The molecule has 2 rings (SSSR count). The summed E-state index contributed by atoms with van der Waals surface area (Å²) >= 11 is 5.75. The van der Waals surface area contributed by atoms with Crippen LogP contribution in [0.4, 0.5) is 0 Å². The van der Waals surface area contributed by atoms with E-state index in [4.69, 9.17) is 16.3 Å². The van der Waals surface area contributed by atoms with E-state index >= 15 is 0 Å². The average Bonchev–Trinajstić information content (AvgIpc) is 2.49. The zero-order chi connectivity index (χ0) is 15.2. The number of phenols is 1. The van der Waals surface area contributed by atoms with E-state index in [1.54, 1.807) is 42.5 Å². The van der Waals surface area contributed by atoms with Gasteiger partial charge in [-0.1, -0.05) is 17.7 Å². The number of nitrogens with zero attached hydrogens (tertiary/aromatic N) is 1. The number of carbonyl (C=O) groups is 1. The van der Waals surface area contributed by atoms with Gasteiger partial charge in [0, 0.05) is 16.1 Å². The SMILES string of the molecule is COc1cccc(C=NNC(=O)c2ccc(Cl)cc2)c1O. The average molecular weight is 305 g/mol. The molecule has 2 aromatic rings. The number of halogens is 1. The Kier molecular flexibility index (Phi) is 4.79. The van der Waals surface area contributed by atoms with Gasteiger partial charge in [-0.2, -0.15) is 5.10 Å². The third-order valence-corrected chi connectivity index (χ3v) is 2.98. The summed E-state index contributed by atoms with van der Waals surface area (Å²) in [7, 11) is 1.46. The molecule has 0 heterocycles. The molecule has 0 atom stereocenters. The topological polar surface area (TPSA) is 70.9 Å². The fraction of sp³-hybridized carbons (Fsp3) is 0.0667. The quantitative estimate of drug-likeness (QED) is 0.674. The molecule has 2 aromatic carbocycles. The smallest absolute Gasteiger partial charge is 0.271 e. The van der Waals surface area contributed by atoms with E-state index in [0.717, 1.165) is 0 Å². The van der Waals surface area contributed by atoms with E-state index < -0.39 is 0 Å². The highest BCUT2D eigenvalue weighted by Crippen LogP contribution is 2.27. The molecule has 108 valence electrons. The number of hydrogen-bond donors (Lipinski definition) is 2. The first-order chi connectivity index (χ1) is 10.1. The van der Waals surface area contributed by atoms with E-state index in [0.29, 0.717) is 21.9 Å². The van der Waals surface area contributed by atoms with Gasteiger partial charge in [0.05, 0.1) is 13.3 Å². The van der Waals surface area contributed by atoms with E-state index in [-0.39, 0.29) is 11.7 Å². The second-order valence-electron chi connectivity index (χ2n) is 4.10. The van der Waals surface area contributed by atoms with Crippen molar-refractivity contribution in [2.75, 3.05) is 7.11 Å². The second-order valence-corrected chi connectivity index (χ2v) is 4.54. The molecule has 21 heavy (non-hydrogen) atoms. The lowest BCUT2D eigenvalue weighted by Crippen LogP contribution is -2.17. The molecule has 0 saturated carbocycles. The van der Waals surface area contributed by atoms with Crippen molar-refractivity contribution in [3.63, 3.8) is 0 Å². The third-order valence-electron chi connectivity index (χ3n) is 2.73. The van der Waals surface area contributed by atoms with Gasteiger partial charge in [0.2, 0.25) is 0 Å². The molecule has 0 aliphatic rings. The Balaban J connectivity index is 2.05. The summed E-state index contributed by atoms with van der Waals surface area (Å²) in [5, 5.41) is 14.2. The Morgan fingerprint density at radius 1 is 1.29 bits per heavy atom. The molecule has 0 aromatic heterocycles. The van der Waals surface area contributed by atoms with Gasteiger partial charge in [0.25, 0.3) is 5.91 Å². The van der Waals surface area contributed by atoms with Crippen molar-refractivity contribution < 1.29 is 14.6 Å². The van der Waals surface area contributed by atoms with Crippen LogP contribution in [0.15, 0.2) is 47.6 Å². The summed E-state index contributed by atoms with van der Waals surface area (Å²) in [5.74, 6) is -0.0715. The third kappa shape index (κ3) is 3.73. The minimum atomic E-state index is -0.370. The highest BCUT2D eigenvalue weighted by Gasteiger charge is 2.06. The van der Waals surface area contributed by atoms with Gasteiger partial charge in [-0.15, -0.1) is 0 Å². The van der Waals surface area contributed by atoms with E-state index in [2.05, 4.69) is 10.5 Å². The van der Waals surface area contributed by atoms with Crippen LogP contribution in [0, 0.1) is 0 Å². The van der Waals surface area contributed by atoms with Gasteiger partial charge in [-0.25, -0.2) is 5.43 Å². The molecule has 0 unspecified atom stereocenters. The number of hydrogen-bond acceptors (Lipinski definition) is 4.